The zero-order valence-electron chi connectivity index (χ0n) is 14.0. The smallest absolute Gasteiger partial charge is 0.282 e. The summed E-state index contributed by atoms with van der Waals surface area (Å²) in [5.74, 6) is 0. The predicted octanol–water partition coefficient (Wildman–Crippen LogP) is 2.44. The predicted molar refractivity (Wildman–Crippen MR) is 98.1 cm³/mol. The molecule has 3 rings (SSSR count). The van der Waals surface area contributed by atoms with Gasteiger partial charge in [-0.2, -0.15) is 0 Å². The Morgan fingerprint density at radius 2 is 1.84 bits per heavy atom. The number of sulfonamides is 1. The van der Waals surface area contributed by atoms with E-state index >= 15 is 0 Å². The molecule has 0 fully saturated rings. The standard InChI is InChI=1S/C18H21N3O3S/c1-13-2-10-17(11-3-13)25(22,23)21-15-7-4-14(5-8-15)6-9-16-12-24-18(19)20-16/h2-5,7-8,10-11,16,21H,6,9,12H2,1H3,(H2,19,20). The zero-order chi connectivity index (χ0) is 17.9. The van der Waals surface area contributed by atoms with Crippen molar-refractivity contribution in [1.82, 2.24) is 0 Å². The van der Waals surface area contributed by atoms with Crippen molar-refractivity contribution in [3.63, 3.8) is 0 Å². The molecule has 0 spiro atoms. The molecule has 0 bridgehead atoms. The number of anilines is 1. The highest BCUT2D eigenvalue weighted by atomic mass is 32.2. The molecule has 2 aromatic carbocycles. The van der Waals surface area contributed by atoms with Crippen LogP contribution in [0.15, 0.2) is 58.4 Å². The van der Waals surface area contributed by atoms with Gasteiger partial charge in [0.2, 0.25) is 0 Å². The van der Waals surface area contributed by atoms with E-state index in [1.54, 1.807) is 36.4 Å². The second kappa shape index (κ2) is 7.14. The molecule has 6 nitrogen and oxygen atoms in total. The molecule has 25 heavy (non-hydrogen) atoms. The zero-order valence-corrected chi connectivity index (χ0v) is 14.8. The first kappa shape index (κ1) is 17.3. The number of rotatable bonds is 6. The molecule has 1 atom stereocenters. The third-order valence-corrected chi connectivity index (χ3v) is 5.43. The Balaban J connectivity index is 1.61. The molecule has 0 saturated carbocycles. The van der Waals surface area contributed by atoms with Crippen LogP contribution in [-0.4, -0.2) is 27.1 Å². The maximum Gasteiger partial charge on any atom is 0.282 e. The number of hydrogen-bond acceptors (Lipinski definition) is 5. The van der Waals surface area contributed by atoms with Gasteiger partial charge in [-0.3, -0.25) is 4.72 Å². The maximum atomic E-state index is 12.4. The third-order valence-electron chi connectivity index (χ3n) is 4.04. The lowest BCUT2D eigenvalue weighted by Crippen LogP contribution is -2.13. The highest BCUT2D eigenvalue weighted by Crippen LogP contribution is 2.18. The Bertz CT molecular complexity index is 859. The molecule has 0 radical (unpaired) electrons. The van der Waals surface area contributed by atoms with Gasteiger partial charge < -0.3 is 10.5 Å². The molecule has 0 saturated heterocycles. The summed E-state index contributed by atoms with van der Waals surface area (Å²) < 4.78 is 32.5. The van der Waals surface area contributed by atoms with E-state index in [9.17, 15) is 8.42 Å². The van der Waals surface area contributed by atoms with Crippen LogP contribution in [0.2, 0.25) is 0 Å². The number of benzene rings is 2. The van der Waals surface area contributed by atoms with Gasteiger partial charge in [-0.1, -0.05) is 29.8 Å². The second-order valence-electron chi connectivity index (χ2n) is 6.09. The number of aliphatic imine (C=N–C) groups is 1. The fourth-order valence-electron chi connectivity index (χ4n) is 2.59. The van der Waals surface area contributed by atoms with E-state index < -0.39 is 10.0 Å². The number of hydrogen-bond donors (Lipinski definition) is 2. The first-order chi connectivity index (χ1) is 11.9. The monoisotopic (exact) mass is 359 g/mol. The molecular formula is C18H21N3O3S. The summed E-state index contributed by atoms with van der Waals surface area (Å²) in [6, 6.07) is 14.5. The average Bonchev–Trinajstić information content (AvgIpc) is 3.00. The van der Waals surface area contributed by atoms with Gasteiger partial charge in [0, 0.05) is 5.69 Å². The lowest BCUT2D eigenvalue weighted by atomic mass is 10.1. The highest BCUT2D eigenvalue weighted by molar-refractivity contribution is 7.92. The van der Waals surface area contributed by atoms with Crippen LogP contribution in [0, 0.1) is 6.92 Å². The van der Waals surface area contributed by atoms with Crippen molar-refractivity contribution < 1.29 is 13.2 Å². The summed E-state index contributed by atoms with van der Waals surface area (Å²) in [6.45, 7) is 2.44. The average molecular weight is 359 g/mol. The Hall–Kier alpha value is -2.54. The quantitative estimate of drug-likeness (QED) is 0.828. The van der Waals surface area contributed by atoms with Crippen molar-refractivity contribution in [2.45, 2.75) is 30.7 Å². The Morgan fingerprint density at radius 3 is 2.44 bits per heavy atom. The van der Waals surface area contributed by atoms with Crippen LogP contribution in [0.25, 0.3) is 0 Å². The first-order valence-electron chi connectivity index (χ1n) is 8.07. The number of nitrogens with two attached hydrogens (primary N) is 1. The number of amidine groups is 1. The van der Waals surface area contributed by atoms with Gasteiger partial charge in [-0.25, -0.2) is 13.4 Å². The molecule has 1 aliphatic heterocycles. The summed E-state index contributed by atoms with van der Waals surface area (Å²) in [5.41, 5.74) is 8.16. The van der Waals surface area contributed by atoms with E-state index in [1.807, 2.05) is 19.1 Å². The summed E-state index contributed by atoms with van der Waals surface area (Å²) in [7, 11) is -3.57. The minimum absolute atomic E-state index is 0.0970. The van der Waals surface area contributed by atoms with E-state index in [2.05, 4.69) is 9.71 Å². The first-order valence-corrected chi connectivity index (χ1v) is 9.55. The van der Waals surface area contributed by atoms with Crippen LogP contribution < -0.4 is 10.5 Å². The van der Waals surface area contributed by atoms with Gasteiger partial charge >= 0.3 is 0 Å². The van der Waals surface area contributed by atoms with Crippen LogP contribution in [0.3, 0.4) is 0 Å². The Labute approximate surface area is 147 Å². The van der Waals surface area contributed by atoms with Gasteiger partial charge in [0.25, 0.3) is 16.0 Å². The number of nitrogens with one attached hydrogen (secondary N) is 1. The minimum atomic E-state index is -3.57. The molecule has 132 valence electrons. The van der Waals surface area contributed by atoms with E-state index in [0.717, 1.165) is 24.0 Å². The van der Waals surface area contributed by atoms with Crippen molar-refractivity contribution in [3.05, 3.63) is 59.7 Å². The highest BCUT2D eigenvalue weighted by Gasteiger charge is 2.16. The molecular weight excluding hydrogens is 338 g/mol. The summed E-state index contributed by atoms with van der Waals surface area (Å²) in [5, 5.41) is 0. The summed E-state index contributed by atoms with van der Waals surface area (Å²) in [4.78, 5) is 4.44. The molecule has 1 heterocycles. The van der Waals surface area contributed by atoms with Crippen LogP contribution in [0.1, 0.15) is 17.5 Å². The molecule has 0 aliphatic carbocycles. The topological polar surface area (TPSA) is 93.8 Å². The summed E-state index contributed by atoms with van der Waals surface area (Å²) >= 11 is 0. The fraction of sp³-hybridized carbons (Fsp3) is 0.278. The van der Waals surface area contributed by atoms with Crippen molar-refractivity contribution >= 4 is 21.7 Å². The lowest BCUT2D eigenvalue weighted by Gasteiger charge is -2.10. The number of ether oxygens (including phenoxy) is 1. The van der Waals surface area contributed by atoms with Gasteiger partial charge in [-0.15, -0.1) is 0 Å². The molecule has 2 aromatic rings. The van der Waals surface area contributed by atoms with Crippen molar-refractivity contribution in [2.75, 3.05) is 11.3 Å². The van der Waals surface area contributed by atoms with Gasteiger partial charge in [0.15, 0.2) is 0 Å². The largest absolute Gasteiger partial charge is 0.463 e. The lowest BCUT2D eigenvalue weighted by molar-refractivity contribution is 0.308. The third kappa shape index (κ3) is 4.51. The number of aryl methyl sites for hydroxylation is 2. The van der Waals surface area contributed by atoms with Crippen LogP contribution in [0.5, 0.6) is 0 Å². The van der Waals surface area contributed by atoms with E-state index in [-0.39, 0.29) is 17.0 Å². The van der Waals surface area contributed by atoms with Crippen molar-refractivity contribution in [1.29, 1.82) is 0 Å². The minimum Gasteiger partial charge on any atom is -0.463 e. The second-order valence-corrected chi connectivity index (χ2v) is 7.77. The van der Waals surface area contributed by atoms with Gasteiger partial charge in [-0.05, 0) is 49.6 Å². The fourth-order valence-corrected chi connectivity index (χ4v) is 3.65. The van der Waals surface area contributed by atoms with Crippen molar-refractivity contribution in [2.24, 2.45) is 10.7 Å². The molecule has 0 amide bonds. The molecule has 3 N–H and O–H groups in total. The molecule has 1 aliphatic rings. The SMILES string of the molecule is Cc1ccc(S(=O)(=O)Nc2ccc(CCC3COC(N)=N3)cc2)cc1. The van der Waals surface area contributed by atoms with Crippen LogP contribution in [-0.2, 0) is 21.2 Å². The van der Waals surface area contributed by atoms with Gasteiger partial charge in [0.05, 0.1) is 10.9 Å². The maximum absolute atomic E-state index is 12.4. The normalized spacial score (nSPS) is 17.0. The van der Waals surface area contributed by atoms with E-state index in [1.165, 1.54) is 0 Å². The molecule has 0 aromatic heterocycles. The Kier molecular flexibility index (Phi) is 4.94. The van der Waals surface area contributed by atoms with Crippen LogP contribution in [0.4, 0.5) is 5.69 Å². The van der Waals surface area contributed by atoms with Crippen molar-refractivity contribution in [3.8, 4) is 0 Å². The van der Waals surface area contributed by atoms with E-state index in [0.29, 0.717) is 12.3 Å². The van der Waals surface area contributed by atoms with Gasteiger partial charge in [0.1, 0.15) is 6.61 Å². The summed E-state index contributed by atoms with van der Waals surface area (Å²) in [6.07, 6.45) is 1.67. The molecule has 1 unspecified atom stereocenters. The van der Waals surface area contributed by atoms with Crippen LogP contribution >= 0.6 is 0 Å². The number of nitrogens with zero attached hydrogens (tertiary/aromatic N) is 1. The molecule has 7 heteroatoms. The Morgan fingerprint density at radius 1 is 1.16 bits per heavy atom. The van der Waals surface area contributed by atoms with E-state index in [4.69, 9.17) is 10.5 Å².